The maximum absolute atomic E-state index is 4.80. The van der Waals surface area contributed by atoms with Crippen molar-refractivity contribution in [3.63, 3.8) is 0 Å². The molecule has 0 aromatic carbocycles. The molecule has 0 aliphatic carbocycles. The molecular formula is C17H32N4. The van der Waals surface area contributed by atoms with Crippen molar-refractivity contribution in [3.05, 3.63) is 11.9 Å². The molecule has 0 aliphatic heterocycles. The van der Waals surface area contributed by atoms with Crippen molar-refractivity contribution in [2.45, 2.75) is 66.2 Å². The van der Waals surface area contributed by atoms with Crippen molar-refractivity contribution in [2.24, 2.45) is 0 Å². The third-order valence-corrected chi connectivity index (χ3v) is 3.49. The van der Waals surface area contributed by atoms with E-state index < -0.39 is 0 Å². The van der Waals surface area contributed by atoms with Crippen LogP contribution in [0.2, 0.25) is 0 Å². The van der Waals surface area contributed by atoms with Crippen LogP contribution in [0.25, 0.3) is 0 Å². The minimum atomic E-state index is 0.349. The van der Waals surface area contributed by atoms with E-state index in [4.69, 9.17) is 4.98 Å². The predicted molar refractivity (Wildman–Crippen MR) is 92.3 cm³/mol. The molecule has 0 fully saturated rings. The van der Waals surface area contributed by atoms with Gasteiger partial charge in [0.2, 0.25) is 0 Å². The second-order valence-corrected chi connectivity index (χ2v) is 5.85. The molecule has 4 heteroatoms. The van der Waals surface area contributed by atoms with Crippen LogP contribution >= 0.6 is 0 Å². The minimum Gasteiger partial charge on any atom is -0.370 e. The Kier molecular flexibility index (Phi) is 8.09. The zero-order valence-corrected chi connectivity index (χ0v) is 14.4. The summed E-state index contributed by atoms with van der Waals surface area (Å²) < 4.78 is 0. The molecule has 0 unspecified atom stereocenters. The Morgan fingerprint density at radius 2 is 1.67 bits per heavy atom. The van der Waals surface area contributed by atoms with E-state index >= 15 is 0 Å². The molecule has 0 radical (unpaired) electrons. The third-order valence-electron chi connectivity index (χ3n) is 3.49. The highest BCUT2D eigenvalue weighted by Gasteiger charge is 2.13. The van der Waals surface area contributed by atoms with E-state index in [-0.39, 0.29) is 0 Å². The SMILES string of the molecule is CCCCN(CCCC)c1cc(NCC)nc(C(C)C)n1. The summed E-state index contributed by atoms with van der Waals surface area (Å²) in [4.78, 5) is 11.8. The number of nitrogens with zero attached hydrogens (tertiary/aromatic N) is 3. The first-order chi connectivity index (χ1) is 10.1. The van der Waals surface area contributed by atoms with E-state index in [1.165, 1.54) is 25.7 Å². The summed E-state index contributed by atoms with van der Waals surface area (Å²) in [6.07, 6.45) is 4.85. The molecule has 1 heterocycles. The first kappa shape index (κ1) is 17.7. The molecule has 1 N–H and O–H groups in total. The second kappa shape index (κ2) is 9.59. The second-order valence-electron chi connectivity index (χ2n) is 5.85. The fourth-order valence-electron chi connectivity index (χ4n) is 2.18. The van der Waals surface area contributed by atoms with Gasteiger partial charge in [-0.1, -0.05) is 40.5 Å². The minimum absolute atomic E-state index is 0.349. The highest BCUT2D eigenvalue weighted by molar-refractivity contribution is 5.49. The molecule has 0 bridgehead atoms. The van der Waals surface area contributed by atoms with E-state index in [1.54, 1.807) is 0 Å². The van der Waals surface area contributed by atoms with E-state index in [9.17, 15) is 0 Å². The Bertz CT molecular complexity index is 396. The Labute approximate surface area is 130 Å². The van der Waals surface area contributed by atoms with Gasteiger partial charge >= 0.3 is 0 Å². The summed E-state index contributed by atoms with van der Waals surface area (Å²) in [5, 5.41) is 3.33. The van der Waals surface area contributed by atoms with E-state index in [1.807, 2.05) is 0 Å². The summed E-state index contributed by atoms with van der Waals surface area (Å²) in [6, 6.07) is 2.10. The number of anilines is 2. The number of unbranched alkanes of at least 4 members (excludes halogenated alkanes) is 2. The van der Waals surface area contributed by atoms with Gasteiger partial charge in [-0.05, 0) is 19.8 Å². The number of rotatable bonds is 10. The average molecular weight is 292 g/mol. The molecule has 0 spiro atoms. The van der Waals surface area contributed by atoms with Crippen LogP contribution in [0.1, 0.15) is 72.0 Å². The molecule has 0 saturated carbocycles. The first-order valence-corrected chi connectivity index (χ1v) is 8.50. The zero-order valence-electron chi connectivity index (χ0n) is 14.4. The molecule has 4 nitrogen and oxygen atoms in total. The lowest BCUT2D eigenvalue weighted by Crippen LogP contribution is -2.27. The maximum atomic E-state index is 4.80. The number of hydrogen-bond acceptors (Lipinski definition) is 4. The van der Waals surface area contributed by atoms with Gasteiger partial charge in [-0.2, -0.15) is 0 Å². The summed E-state index contributed by atoms with van der Waals surface area (Å²) in [7, 11) is 0. The van der Waals surface area contributed by atoms with Gasteiger partial charge in [0, 0.05) is 31.6 Å². The number of aromatic nitrogens is 2. The van der Waals surface area contributed by atoms with Crippen LogP contribution in [0.5, 0.6) is 0 Å². The van der Waals surface area contributed by atoms with Crippen LogP contribution in [-0.4, -0.2) is 29.6 Å². The van der Waals surface area contributed by atoms with Crippen LogP contribution in [0.3, 0.4) is 0 Å². The Morgan fingerprint density at radius 1 is 1.05 bits per heavy atom. The first-order valence-electron chi connectivity index (χ1n) is 8.50. The smallest absolute Gasteiger partial charge is 0.135 e. The van der Waals surface area contributed by atoms with Gasteiger partial charge in [0.15, 0.2) is 0 Å². The molecular weight excluding hydrogens is 260 g/mol. The van der Waals surface area contributed by atoms with E-state index in [0.29, 0.717) is 5.92 Å². The molecule has 120 valence electrons. The monoisotopic (exact) mass is 292 g/mol. The Balaban J connectivity index is 3.02. The van der Waals surface area contributed by atoms with Gasteiger partial charge in [-0.15, -0.1) is 0 Å². The summed E-state index contributed by atoms with van der Waals surface area (Å²) in [6.45, 7) is 13.9. The topological polar surface area (TPSA) is 41.0 Å². The van der Waals surface area contributed by atoms with Gasteiger partial charge in [-0.3, -0.25) is 0 Å². The van der Waals surface area contributed by atoms with E-state index in [0.717, 1.165) is 37.1 Å². The normalized spacial score (nSPS) is 11.0. The lowest BCUT2D eigenvalue weighted by atomic mass is 10.2. The quantitative estimate of drug-likeness (QED) is 0.692. The maximum Gasteiger partial charge on any atom is 0.135 e. The van der Waals surface area contributed by atoms with Crippen molar-refractivity contribution >= 4 is 11.6 Å². The van der Waals surface area contributed by atoms with E-state index in [2.05, 4.69) is 55.9 Å². The van der Waals surface area contributed by atoms with Crippen molar-refractivity contribution < 1.29 is 0 Å². The molecule has 1 aromatic rings. The van der Waals surface area contributed by atoms with Crippen molar-refractivity contribution in [1.82, 2.24) is 9.97 Å². The van der Waals surface area contributed by atoms with Gasteiger partial charge < -0.3 is 10.2 Å². The average Bonchev–Trinajstić information content (AvgIpc) is 2.47. The largest absolute Gasteiger partial charge is 0.370 e. The highest BCUT2D eigenvalue weighted by atomic mass is 15.2. The lowest BCUT2D eigenvalue weighted by Gasteiger charge is -2.25. The molecule has 0 saturated heterocycles. The van der Waals surface area contributed by atoms with Gasteiger partial charge in [-0.25, -0.2) is 9.97 Å². The van der Waals surface area contributed by atoms with Crippen LogP contribution in [-0.2, 0) is 0 Å². The summed E-state index contributed by atoms with van der Waals surface area (Å²) in [5.74, 6) is 3.30. The number of nitrogens with one attached hydrogen (secondary N) is 1. The summed E-state index contributed by atoms with van der Waals surface area (Å²) >= 11 is 0. The molecule has 1 rings (SSSR count). The number of hydrogen-bond donors (Lipinski definition) is 1. The van der Waals surface area contributed by atoms with Crippen LogP contribution < -0.4 is 10.2 Å². The molecule has 0 amide bonds. The molecule has 0 aliphatic rings. The predicted octanol–water partition coefficient (Wildman–Crippen LogP) is 4.44. The third kappa shape index (κ3) is 5.90. The van der Waals surface area contributed by atoms with Crippen LogP contribution in [0.4, 0.5) is 11.6 Å². The Hall–Kier alpha value is -1.32. The highest BCUT2D eigenvalue weighted by Crippen LogP contribution is 2.21. The van der Waals surface area contributed by atoms with Crippen molar-refractivity contribution in [1.29, 1.82) is 0 Å². The Morgan fingerprint density at radius 3 is 2.14 bits per heavy atom. The fourth-order valence-corrected chi connectivity index (χ4v) is 2.18. The van der Waals surface area contributed by atoms with Crippen LogP contribution in [0.15, 0.2) is 6.07 Å². The molecule has 1 aromatic heterocycles. The van der Waals surface area contributed by atoms with Crippen molar-refractivity contribution in [3.8, 4) is 0 Å². The summed E-state index contributed by atoms with van der Waals surface area (Å²) in [5.41, 5.74) is 0. The standard InChI is InChI=1S/C17H32N4/c1-6-9-11-21(12-10-7-2)16-13-15(18-8-3)19-17(20-16)14(4)5/h13-14H,6-12H2,1-5H3,(H,18,19,20). The van der Waals surface area contributed by atoms with Gasteiger partial charge in [0.05, 0.1) is 0 Å². The molecule has 0 atom stereocenters. The fraction of sp³-hybridized carbons (Fsp3) is 0.765. The van der Waals surface area contributed by atoms with Gasteiger partial charge in [0.25, 0.3) is 0 Å². The lowest BCUT2D eigenvalue weighted by molar-refractivity contribution is 0.664. The molecule has 21 heavy (non-hydrogen) atoms. The van der Waals surface area contributed by atoms with Crippen LogP contribution in [0, 0.1) is 0 Å². The zero-order chi connectivity index (χ0) is 15.7. The van der Waals surface area contributed by atoms with Crippen molar-refractivity contribution in [2.75, 3.05) is 29.9 Å². The van der Waals surface area contributed by atoms with Gasteiger partial charge in [0.1, 0.15) is 17.5 Å².